The average molecular weight is 129 g/mol. The minimum Gasteiger partial charge on any atom is -0.350 e. The molecule has 1 fully saturated rings. The quantitative estimate of drug-likeness (QED) is 0.560. The molecule has 1 rings (SSSR count). The fourth-order valence-electron chi connectivity index (χ4n) is 0.858. The van der Waals surface area contributed by atoms with Crippen molar-refractivity contribution in [3.05, 3.63) is 5.92 Å². The van der Waals surface area contributed by atoms with Crippen molar-refractivity contribution in [2.75, 3.05) is 13.2 Å². The Labute approximate surface area is 56.2 Å². The Balaban J connectivity index is 2.11. The Morgan fingerprint density at radius 3 is 2.33 bits per heavy atom. The van der Waals surface area contributed by atoms with Crippen LogP contribution >= 0.6 is 0 Å². The van der Waals surface area contributed by atoms with Gasteiger partial charge in [0.1, 0.15) is 0 Å². The first-order valence-corrected chi connectivity index (χ1v) is 3.31. The van der Waals surface area contributed by atoms with E-state index in [9.17, 15) is 0 Å². The lowest BCUT2D eigenvalue weighted by molar-refractivity contribution is -0.0433. The van der Waals surface area contributed by atoms with Gasteiger partial charge in [-0.15, -0.1) is 0 Å². The van der Waals surface area contributed by atoms with Gasteiger partial charge in [0.15, 0.2) is 6.29 Å². The Hall–Kier alpha value is -0.0800. The van der Waals surface area contributed by atoms with Crippen LogP contribution in [-0.4, -0.2) is 19.5 Å². The zero-order valence-corrected chi connectivity index (χ0v) is 6.02. The van der Waals surface area contributed by atoms with Crippen molar-refractivity contribution in [1.82, 2.24) is 0 Å². The van der Waals surface area contributed by atoms with E-state index < -0.39 is 0 Å². The second-order valence-corrected chi connectivity index (χ2v) is 2.58. The van der Waals surface area contributed by atoms with Crippen molar-refractivity contribution >= 4 is 0 Å². The van der Waals surface area contributed by atoms with Gasteiger partial charge in [-0.25, -0.2) is 0 Å². The standard InChI is InChI=1S/C7H13O2/c1-6(2)5-7-8-3-4-9-7/h7H,3-5H2,1-2H3. The van der Waals surface area contributed by atoms with E-state index in [2.05, 4.69) is 13.8 Å². The van der Waals surface area contributed by atoms with E-state index in [0.717, 1.165) is 19.6 Å². The van der Waals surface area contributed by atoms with Gasteiger partial charge in [-0.1, -0.05) is 13.8 Å². The molecule has 1 heterocycles. The Bertz CT molecular complexity index is 75.0. The van der Waals surface area contributed by atoms with E-state index in [4.69, 9.17) is 9.47 Å². The van der Waals surface area contributed by atoms with Gasteiger partial charge in [0.05, 0.1) is 13.2 Å². The lowest BCUT2D eigenvalue weighted by atomic mass is 10.1. The van der Waals surface area contributed by atoms with Crippen LogP contribution in [0.2, 0.25) is 0 Å². The lowest BCUT2D eigenvalue weighted by Gasteiger charge is -2.09. The molecular weight excluding hydrogens is 116 g/mol. The molecule has 0 atom stereocenters. The normalized spacial score (nSPS) is 21.7. The number of ether oxygens (including phenoxy) is 2. The monoisotopic (exact) mass is 129 g/mol. The zero-order valence-electron chi connectivity index (χ0n) is 6.02. The highest BCUT2D eigenvalue weighted by molar-refractivity contribution is 4.78. The predicted molar refractivity (Wildman–Crippen MR) is 34.9 cm³/mol. The highest BCUT2D eigenvalue weighted by atomic mass is 16.7. The second-order valence-electron chi connectivity index (χ2n) is 2.58. The first-order valence-electron chi connectivity index (χ1n) is 3.31. The smallest absolute Gasteiger partial charge is 0.158 e. The molecule has 0 bridgehead atoms. The topological polar surface area (TPSA) is 18.5 Å². The third-order valence-electron chi connectivity index (χ3n) is 1.27. The van der Waals surface area contributed by atoms with Crippen LogP contribution in [0.5, 0.6) is 0 Å². The van der Waals surface area contributed by atoms with Gasteiger partial charge in [0, 0.05) is 6.42 Å². The van der Waals surface area contributed by atoms with E-state index in [1.807, 2.05) is 0 Å². The first-order chi connectivity index (χ1) is 4.29. The van der Waals surface area contributed by atoms with Crippen molar-refractivity contribution in [2.24, 2.45) is 0 Å². The summed E-state index contributed by atoms with van der Waals surface area (Å²) in [6.45, 7) is 5.70. The molecule has 0 aliphatic carbocycles. The third-order valence-corrected chi connectivity index (χ3v) is 1.27. The van der Waals surface area contributed by atoms with Crippen LogP contribution in [0.3, 0.4) is 0 Å². The SMILES string of the molecule is C[C](C)CC1OCCO1. The van der Waals surface area contributed by atoms with Crippen molar-refractivity contribution in [3.63, 3.8) is 0 Å². The van der Waals surface area contributed by atoms with Gasteiger partial charge < -0.3 is 9.47 Å². The summed E-state index contributed by atoms with van der Waals surface area (Å²) >= 11 is 0. The Morgan fingerprint density at radius 2 is 1.89 bits per heavy atom. The summed E-state index contributed by atoms with van der Waals surface area (Å²) in [5.74, 6) is 1.36. The molecule has 1 radical (unpaired) electrons. The highest BCUT2D eigenvalue weighted by Gasteiger charge is 2.16. The van der Waals surface area contributed by atoms with Crippen molar-refractivity contribution in [2.45, 2.75) is 26.6 Å². The molecular formula is C7H13O2. The van der Waals surface area contributed by atoms with Crippen LogP contribution in [0, 0.1) is 5.92 Å². The van der Waals surface area contributed by atoms with Crippen LogP contribution in [0.15, 0.2) is 0 Å². The summed E-state index contributed by atoms with van der Waals surface area (Å²) in [5, 5.41) is 0. The minimum atomic E-state index is 0.0509. The van der Waals surface area contributed by atoms with E-state index in [-0.39, 0.29) is 6.29 Å². The summed E-state index contributed by atoms with van der Waals surface area (Å²) in [7, 11) is 0. The van der Waals surface area contributed by atoms with Crippen LogP contribution in [0.4, 0.5) is 0 Å². The van der Waals surface area contributed by atoms with Crippen molar-refractivity contribution in [1.29, 1.82) is 0 Å². The molecule has 9 heavy (non-hydrogen) atoms. The molecule has 53 valence electrons. The molecule has 0 aromatic carbocycles. The van der Waals surface area contributed by atoms with Gasteiger partial charge in [0.2, 0.25) is 0 Å². The molecule has 0 unspecified atom stereocenters. The van der Waals surface area contributed by atoms with Crippen molar-refractivity contribution < 1.29 is 9.47 Å². The first kappa shape index (κ1) is 7.03. The van der Waals surface area contributed by atoms with Gasteiger partial charge >= 0.3 is 0 Å². The third kappa shape index (κ3) is 2.33. The average Bonchev–Trinajstić information content (AvgIpc) is 2.15. The van der Waals surface area contributed by atoms with Crippen LogP contribution in [0.1, 0.15) is 20.3 Å². The summed E-state index contributed by atoms with van der Waals surface area (Å²) < 4.78 is 10.4. The number of hydrogen-bond donors (Lipinski definition) is 0. The molecule has 1 saturated heterocycles. The maximum absolute atomic E-state index is 5.22. The lowest BCUT2D eigenvalue weighted by Crippen LogP contribution is -2.09. The molecule has 0 aromatic rings. The summed E-state index contributed by atoms with van der Waals surface area (Å²) in [6, 6.07) is 0. The fraction of sp³-hybridized carbons (Fsp3) is 0.857. The molecule has 2 heteroatoms. The zero-order chi connectivity index (χ0) is 6.69. The van der Waals surface area contributed by atoms with E-state index in [1.54, 1.807) is 0 Å². The van der Waals surface area contributed by atoms with Crippen LogP contribution in [-0.2, 0) is 9.47 Å². The molecule has 1 aliphatic heterocycles. The van der Waals surface area contributed by atoms with Gasteiger partial charge in [-0.2, -0.15) is 0 Å². The molecule has 0 aromatic heterocycles. The molecule has 1 aliphatic rings. The van der Waals surface area contributed by atoms with Crippen LogP contribution in [0.25, 0.3) is 0 Å². The maximum Gasteiger partial charge on any atom is 0.158 e. The highest BCUT2D eigenvalue weighted by Crippen LogP contribution is 2.14. The summed E-state index contributed by atoms with van der Waals surface area (Å²) in [5.41, 5.74) is 0. The van der Waals surface area contributed by atoms with E-state index >= 15 is 0 Å². The molecule has 0 amide bonds. The number of hydrogen-bond acceptors (Lipinski definition) is 2. The molecule has 0 saturated carbocycles. The molecule has 2 nitrogen and oxygen atoms in total. The fourth-order valence-corrected chi connectivity index (χ4v) is 0.858. The Kier molecular flexibility index (Phi) is 2.49. The maximum atomic E-state index is 5.22. The largest absolute Gasteiger partial charge is 0.350 e. The minimum absolute atomic E-state index is 0.0509. The number of rotatable bonds is 2. The van der Waals surface area contributed by atoms with Gasteiger partial charge in [0.25, 0.3) is 0 Å². The van der Waals surface area contributed by atoms with Gasteiger partial charge in [-0.3, -0.25) is 0 Å². The Morgan fingerprint density at radius 1 is 1.33 bits per heavy atom. The predicted octanol–water partition coefficient (Wildman–Crippen LogP) is 1.36. The van der Waals surface area contributed by atoms with Crippen LogP contribution < -0.4 is 0 Å². The summed E-state index contributed by atoms with van der Waals surface area (Å²) in [6.07, 6.45) is 0.995. The van der Waals surface area contributed by atoms with Gasteiger partial charge in [-0.05, 0) is 5.92 Å². The van der Waals surface area contributed by atoms with Crippen molar-refractivity contribution in [3.8, 4) is 0 Å². The molecule has 0 spiro atoms. The summed E-state index contributed by atoms with van der Waals surface area (Å²) in [4.78, 5) is 0. The molecule has 0 N–H and O–H groups in total. The van der Waals surface area contributed by atoms with E-state index in [0.29, 0.717) is 0 Å². The second kappa shape index (κ2) is 3.18. The van der Waals surface area contributed by atoms with E-state index in [1.165, 1.54) is 5.92 Å².